The number of methoxy groups -OCH3 is 1. The highest BCUT2D eigenvalue weighted by Crippen LogP contribution is 2.17. The third-order valence-electron chi connectivity index (χ3n) is 3.98. The summed E-state index contributed by atoms with van der Waals surface area (Å²) < 4.78 is 11.0. The Kier molecular flexibility index (Phi) is 7.96. The molecule has 0 saturated carbocycles. The van der Waals surface area contributed by atoms with Gasteiger partial charge in [0.1, 0.15) is 11.5 Å². The molecule has 0 aliphatic carbocycles. The van der Waals surface area contributed by atoms with Gasteiger partial charge in [-0.05, 0) is 41.8 Å². The van der Waals surface area contributed by atoms with Crippen LogP contribution in [0, 0.1) is 0 Å². The van der Waals surface area contributed by atoms with Gasteiger partial charge in [-0.25, -0.2) is 0 Å². The minimum Gasteiger partial charge on any atom is -0.497 e. The van der Waals surface area contributed by atoms with E-state index < -0.39 is 0 Å². The molecule has 2 aromatic carbocycles. The van der Waals surface area contributed by atoms with Gasteiger partial charge in [-0.2, -0.15) is 0 Å². The molecule has 2 nitrogen and oxygen atoms in total. The predicted molar refractivity (Wildman–Crippen MR) is 103 cm³/mol. The van der Waals surface area contributed by atoms with Crippen molar-refractivity contribution in [2.75, 3.05) is 13.7 Å². The quantitative estimate of drug-likeness (QED) is 0.382. The van der Waals surface area contributed by atoms with Gasteiger partial charge < -0.3 is 9.47 Å². The molecule has 0 aromatic heterocycles. The van der Waals surface area contributed by atoms with E-state index in [9.17, 15) is 0 Å². The Balaban J connectivity index is 1.77. The first-order chi connectivity index (χ1) is 11.8. The summed E-state index contributed by atoms with van der Waals surface area (Å²) in [6, 6.07) is 16.3. The van der Waals surface area contributed by atoms with E-state index in [1.54, 1.807) is 7.11 Å². The van der Waals surface area contributed by atoms with E-state index in [4.69, 9.17) is 9.47 Å². The summed E-state index contributed by atoms with van der Waals surface area (Å²) in [5.74, 6) is 1.83. The number of ether oxygens (including phenoxy) is 2. The van der Waals surface area contributed by atoms with Gasteiger partial charge in [0.25, 0.3) is 0 Å². The van der Waals surface area contributed by atoms with Crippen molar-refractivity contribution in [3.8, 4) is 11.5 Å². The average molecular weight is 324 g/mol. The second-order valence-electron chi connectivity index (χ2n) is 5.94. The normalized spacial score (nSPS) is 10.9. The third-order valence-corrected chi connectivity index (χ3v) is 3.98. The molecule has 0 saturated heterocycles. The summed E-state index contributed by atoms with van der Waals surface area (Å²) in [6.07, 6.45) is 10.5. The Morgan fingerprint density at radius 3 is 1.79 bits per heavy atom. The standard InChI is InChI=1S/C22H28O2/c1-3-4-5-6-7-18-24-22-16-12-20(13-17-22)9-8-19-10-14-21(23-2)15-11-19/h8-17H,3-7,18H2,1-2H3/b9-8+. The van der Waals surface area contributed by atoms with Crippen molar-refractivity contribution in [3.63, 3.8) is 0 Å². The molecule has 128 valence electrons. The molecule has 24 heavy (non-hydrogen) atoms. The number of benzene rings is 2. The van der Waals surface area contributed by atoms with Crippen molar-refractivity contribution in [2.24, 2.45) is 0 Å². The number of rotatable bonds is 10. The van der Waals surface area contributed by atoms with Crippen LogP contribution in [0.3, 0.4) is 0 Å². The first-order valence-electron chi connectivity index (χ1n) is 8.87. The van der Waals surface area contributed by atoms with Crippen molar-refractivity contribution in [2.45, 2.75) is 39.0 Å². The van der Waals surface area contributed by atoms with Crippen molar-refractivity contribution >= 4 is 12.2 Å². The topological polar surface area (TPSA) is 18.5 Å². The van der Waals surface area contributed by atoms with Crippen LogP contribution in [-0.4, -0.2) is 13.7 Å². The van der Waals surface area contributed by atoms with Gasteiger partial charge in [0.05, 0.1) is 13.7 Å². The molecular weight excluding hydrogens is 296 g/mol. The summed E-state index contributed by atoms with van der Waals surface area (Å²) in [5, 5.41) is 0. The molecule has 0 heterocycles. The monoisotopic (exact) mass is 324 g/mol. The van der Waals surface area contributed by atoms with Crippen LogP contribution in [0.15, 0.2) is 48.5 Å². The lowest BCUT2D eigenvalue weighted by atomic mass is 10.1. The van der Waals surface area contributed by atoms with E-state index in [-0.39, 0.29) is 0 Å². The molecule has 0 N–H and O–H groups in total. The maximum Gasteiger partial charge on any atom is 0.119 e. The van der Waals surface area contributed by atoms with Gasteiger partial charge in [-0.3, -0.25) is 0 Å². The molecule has 2 rings (SSSR count). The van der Waals surface area contributed by atoms with Gasteiger partial charge in [0.15, 0.2) is 0 Å². The maximum absolute atomic E-state index is 5.79. The molecule has 0 aliphatic rings. The van der Waals surface area contributed by atoms with Gasteiger partial charge in [-0.1, -0.05) is 69.0 Å². The van der Waals surface area contributed by atoms with Gasteiger partial charge in [0, 0.05) is 0 Å². The lowest BCUT2D eigenvalue weighted by molar-refractivity contribution is 0.304. The molecule has 0 fully saturated rings. The van der Waals surface area contributed by atoms with E-state index >= 15 is 0 Å². The van der Waals surface area contributed by atoms with Crippen LogP contribution >= 0.6 is 0 Å². The summed E-state index contributed by atoms with van der Waals surface area (Å²) in [6.45, 7) is 3.05. The summed E-state index contributed by atoms with van der Waals surface area (Å²) >= 11 is 0. The zero-order chi connectivity index (χ0) is 17.0. The SMILES string of the molecule is CCCCCCCOc1ccc(/C=C/c2ccc(OC)cc2)cc1. The lowest BCUT2D eigenvalue weighted by Gasteiger charge is -2.06. The molecule has 0 aliphatic heterocycles. The molecule has 0 atom stereocenters. The van der Waals surface area contributed by atoms with E-state index in [1.165, 1.54) is 31.2 Å². The Labute approximate surface area is 146 Å². The third kappa shape index (κ3) is 6.49. The minimum atomic E-state index is 0.810. The van der Waals surface area contributed by atoms with Crippen LogP contribution < -0.4 is 9.47 Å². The molecule has 2 aromatic rings. The largest absolute Gasteiger partial charge is 0.497 e. The molecule has 2 heteroatoms. The number of hydrogen-bond acceptors (Lipinski definition) is 2. The zero-order valence-electron chi connectivity index (χ0n) is 14.8. The molecule has 0 unspecified atom stereocenters. The van der Waals surface area contributed by atoms with Crippen LogP contribution in [0.5, 0.6) is 11.5 Å². The van der Waals surface area contributed by atoms with E-state index in [0.29, 0.717) is 0 Å². The molecule has 0 spiro atoms. The van der Waals surface area contributed by atoms with Crippen LogP contribution in [-0.2, 0) is 0 Å². The summed E-state index contributed by atoms with van der Waals surface area (Å²) in [4.78, 5) is 0. The van der Waals surface area contributed by atoms with Crippen molar-refractivity contribution in [3.05, 3.63) is 59.7 Å². The first kappa shape index (κ1) is 18.1. The van der Waals surface area contributed by atoms with Gasteiger partial charge in [-0.15, -0.1) is 0 Å². The first-order valence-corrected chi connectivity index (χ1v) is 8.87. The van der Waals surface area contributed by atoms with Gasteiger partial charge >= 0.3 is 0 Å². The fraction of sp³-hybridized carbons (Fsp3) is 0.364. The summed E-state index contributed by atoms with van der Waals surface area (Å²) in [7, 11) is 1.68. The van der Waals surface area contributed by atoms with Crippen LogP contribution in [0.1, 0.15) is 50.2 Å². The zero-order valence-corrected chi connectivity index (χ0v) is 14.8. The smallest absolute Gasteiger partial charge is 0.119 e. The van der Waals surface area contributed by atoms with Gasteiger partial charge in [0.2, 0.25) is 0 Å². The number of unbranched alkanes of at least 4 members (excludes halogenated alkanes) is 4. The minimum absolute atomic E-state index is 0.810. The van der Waals surface area contributed by atoms with Crippen LogP contribution in [0.4, 0.5) is 0 Å². The fourth-order valence-electron chi connectivity index (χ4n) is 2.48. The number of hydrogen-bond donors (Lipinski definition) is 0. The van der Waals surface area contributed by atoms with Crippen LogP contribution in [0.25, 0.3) is 12.2 Å². The molecule has 0 radical (unpaired) electrons. The van der Waals surface area contributed by atoms with E-state index in [1.807, 2.05) is 36.4 Å². The highest BCUT2D eigenvalue weighted by molar-refractivity contribution is 5.70. The molecular formula is C22H28O2. The van der Waals surface area contributed by atoms with Crippen LogP contribution in [0.2, 0.25) is 0 Å². The Bertz CT molecular complexity index is 597. The van der Waals surface area contributed by atoms with E-state index in [2.05, 4.69) is 31.2 Å². The highest BCUT2D eigenvalue weighted by Gasteiger charge is 1.95. The second-order valence-corrected chi connectivity index (χ2v) is 5.94. The Morgan fingerprint density at radius 2 is 1.25 bits per heavy atom. The highest BCUT2D eigenvalue weighted by atomic mass is 16.5. The lowest BCUT2D eigenvalue weighted by Crippen LogP contribution is -1.97. The Morgan fingerprint density at radius 1 is 0.708 bits per heavy atom. The maximum atomic E-state index is 5.79. The second kappa shape index (κ2) is 10.5. The Hall–Kier alpha value is -2.22. The van der Waals surface area contributed by atoms with Crippen molar-refractivity contribution in [1.29, 1.82) is 0 Å². The molecule has 0 amide bonds. The fourth-order valence-corrected chi connectivity index (χ4v) is 2.48. The summed E-state index contributed by atoms with van der Waals surface area (Å²) in [5.41, 5.74) is 2.32. The molecule has 0 bridgehead atoms. The predicted octanol–water partition coefficient (Wildman–Crippen LogP) is 6.21. The van der Waals surface area contributed by atoms with Crippen molar-refractivity contribution in [1.82, 2.24) is 0 Å². The van der Waals surface area contributed by atoms with Crippen molar-refractivity contribution < 1.29 is 9.47 Å². The van der Waals surface area contributed by atoms with E-state index in [0.717, 1.165) is 30.1 Å². The average Bonchev–Trinajstić information content (AvgIpc) is 2.64.